The van der Waals surface area contributed by atoms with Crippen LogP contribution in [0, 0.1) is 5.92 Å². The zero-order valence-corrected chi connectivity index (χ0v) is 11.2. The highest BCUT2D eigenvalue weighted by atomic mass is 32.2. The number of rotatable bonds is 2. The maximum atomic E-state index is 14.7. The van der Waals surface area contributed by atoms with Crippen LogP contribution in [-0.4, -0.2) is 31.6 Å². The van der Waals surface area contributed by atoms with Crippen LogP contribution in [0.25, 0.3) is 0 Å². The van der Waals surface area contributed by atoms with Gasteiger partial charge in [0.15, 0.2) is 0 Å². The number of hydrogen-bond acceptors (Lipinski definition) is 3. The van der Waals surface area contributed by atoms with Gasteiger partial charge in [-0.1, -0.05) is 6.42 Å². The third-order valence-electron chi connectivity index (χ3n) is 4.50. The predicted molar refractivity (Wildman–Crippen MR) is 66.3 cm³/mol. The van der Waals surface area contributed by atoms with Gasteiger partial charge in [-0.3, -0.25) is 0 Å². The summed E-state index contributed by atoms with van der Waals surface area (Å²) in [5.41, 5.74) is 4.57. The van der Waals surface area contributed by atoms with Crippen molar-refractivity contribution in [1.82, 2.24) is 0 Å². The molecule has 0 radical (unpaired) electrons. The number of nitrogens with two attached hydrogens (primary N) is 1. The Balaban J connectivity index is 2.07. The van der Waals surface area contributed by atoms with Gasteiger partial charge in [-0.2, -0.15) is 0 Å². The molecular formula is C12H22FNO2S. The lowest BCUT2D eigenvalue weighted by molar-refractivity contribution is 0.0625. The molecule has 3 nitrogen and oxygen atoms in total. The Kier molecular flexibility index (Phi) is 3.51. The van der Waals surface area contributed by atoms with E-state index in [-0.39, 0.29) is 17.2 Å². The molecule has 2 saturated carbocycles. The standard InChI is InChI=1S/C12H22FNO2S/c1-17(15,16)11-4-2-3-9(7-11)12(13)6-5-10(14)8-12/h9-11H,2-8,14H2,1H3. The molecule has 2 aliphatic rings. The van der Waals surface area contributed by atoms with Crippen molar-refractivity contribution in [3.63, 3.8) is 0 Å². The van der Waals surface area contributed by atoms with E-state index in [1.54, 1.807) is 0 Å². The molecule has 4 atom stereocenters. The van der Waals surface area contributed by atoms with E-state index >= 15 is 0 Å². The second-order valence-corrected chi connectivity index (χ2v) is 8.18. The summed E-state index contributed by atoms with van der Waals surface area (Å²) in [6.07, 6.45) is 5.74. The highest BCUT2D eigenvalue weighted by Gasteiger charge is 2.47. The molecule has 2 fully saturated rings. The quantitative estimate of drug-likeness (QED) is 0.826. The Hall–Kier alpha value is -0.160. The first-order valence-electron chi connectivity index (χ1n) is 6.44. The van der Waals surface area contributed by atoms with Crippen LogP contribution in [0.15, 0.2) is 0 Å². The molecule has 0 saturated heterocycles. The molecule has 0 aromatic heterocycles. The van der Waals surface area contributed by atoms with Gasteiger partial charge in [0, 0.05) is 12.3 Å². The minimum Gasteiger partial charge on any atom is -0.328 e. The molecule has 0 aromatic rings. The van der Waals surface area contributed by atoms with Gasteiger partial charge in [-0.15, -0.1) is 0 Å². The van der Waals surface area contributed by atoms with Gasteiger partial charge < -0.3 is 5.73 Å². The SMILES string of the molecule is CS(=O)(=O)C1CCCC(C2(F)CCC(N)C2)C1. The molecule has 2 aliphatic carbocycles. The summed E-state index contributed by atoms with van der Waals surface area (Å²) in [4.78, 5) is 0. The monoisotopic (exact) mass is 263 g/mol. The van der Waals surface area contributed by atoms with Gasteiger partial charge in [0.05, 0.1) is 5.25 Å². The molecule has 2 rings (SSSR count). The van der Waals surface area contributed by atoms with E-state index in [0.29, 0.717) is 25.7 Å². The van der Waals surface area contributed by atoms with E-state index in [9.17, 15) is 12.8 Å². The Labute approximate surface area is 103 Å². The predicted octanol–water partition coefficient (Wildman–Crippen LogP) is 1.81. The molecule has 5 heteroatoms. The summed E-state index contributed by atoms with van der Waals surface area (Å²) >= 11 is 0. The Bertz CT molecular complexity index is 384. The summed E-state index contributed by atoms with van der Waals surface area (Å²) in [5.74, 6) is -0.107. The second kappa shape index (κ2) is 4.50. The number of sulfone groups is 1. The fraction of sp³-hybridized carbons (Fsp3) is 1.00. The highest BCUT2D eigenvalue weighted by molar-refractivity contribution is 7.91. The van der Waals surface area contributed by atoms with Crippen molar-refractivity contribution < 1.29 is 12.8 Å². The van der Waals surface area contributed by atoms with Gasteiger partial charge in [-0.25, -0.2) is 12.8 Å². The summed E-state index contributed by atoms with van der Waals surface area (Å²) < 4.78 is 37.9. The van der Waals surface area contributed by atoms with Crippen molar-refractivity contribution in [2.75, 3.05) is 6.26 Å². The number of alkyl halides is 1. The summed E-state index contributed by atoms with van der Waals surface area (Å²) in [6.45, 7) is 0. The van der Waals surface area contributed by atoms with Gasteiger partial charge >= 0.3 is 0 Å². The molecule has 0 aliphatic heterocycles. The van der Waals surface area contributed by atoms with Crippen molar-refractivity contribution in [2.45, 2.75) is 61.9 Å². The minimum absolute atomic E-state index is 0.0430. The topological polar surface area (TPSA) is 60.2 Å². The average molecular weight is 263 g/mol. The second-order valence-electron chi connectivity index (χ2n) is 5.85. The van der Waals surface area contributed by atoms with Crippen LogP contribution in [0.1, 0.15) is 44.9 Å². The molecule has 0 aromatic carbocycles. The minimum atomic E-state index is -3.03. The lowest BCUT2D eigenvalue weighted by Crippen LogP contribution is -2.39. The van der Waals surface area contributed by atoms with Crippen molar-refractivity contribution in [1.29, 1.82) is 0 Å². The summed E-state index contributed by atoms with van der Waals surface area (Å²) in [5, 5.41) is -0.342. The van der Waals surface area contributed by atoms with Crippen LogP contribution >= 0.6 is 0 Å². The number of hydrogen-bond donors (Lipinski definition) is 1. The van der Waals surface area contributed by atoms with E-state index in [4.69, 9.17) is 5.73 Å². The van der Waals surface area contributed by atoms with E-state index in [0.717, 1.165) is 19.3 Å². The first-order valence-corrected chi connectivity index (χ1v) is 8.40. The van der Waals surface area contributed by atoms with E-state index < -0.39 is 15.5 Å². The molecular weight excluding hydrogens is 241 g/mol. The molecule has 0 spiro atoms. The zero-order valence-electron chi connectivity index (χ0n) is 10.4. The molecule has 0 bridgehead atoms. The molecule has 2 N–H and O–H groups in total. The van der Waals surface area contributed by atoms with Crippen LogP contribution < -0.4 is 5.73 Å². The van der Waals surface area contributed by atoms with Crippen molar-refractivity contribution in [3.05, 3.63) is 0 Å². The van der Waals surface area contributed by atoms with Gasteiger partial charge in [0.25, 0.3) is 0 Å². The van der Waals surface area contributed by atoms with E-state index in [1.807, 2.05) is 0 Å². The lowest BCUT2D eigenvalue weighted by Gasteiger charge is -2.36. The van der Waals surface area contributed by atoms with Crippen molar-refractivity contribution in [2.24, 2.45) is 11.7 Å². The van der Waals surface area contributed by atoms with E-state index in [1.165, 1.54) is 6.26 Å². The van der Waals surface area contributed by atoms with Gasteiger partial charge in [0.2, 0.25) is 0 Å². The molecule has 17 heavy (non-hydrogen) atoms. The molecule has 100 valence electrons. The van der Waals surface area contributed by atoms with Crippen LogP contribution in [-0.2, 0) is 9.84 Å². The maximum absolute atomic E-state index is 14.7. The van der Waals surface area contributed by atoms with Crippen molar-refractivity contribution >= 4 is 9.84 Å². The third-order valence-corrected chi connectivity index (χ3v) is 6.13. The molecule has 4 unspecified atom stereocenters. The molecule has 0 amide bonds. The first-order chi connectivity index (χ1) is 7.81. The average Bonchev–Trinajstić information content (AvgIpc) is 2.59. The first kappa shape index (κ1) is 13.3. The van der Waals surface area contributed by atoms with E-state index in [2.05, 4.69) is 0 Å². The Morgan fingerprint density at radius 2 is 2.00 bits per heavy atom. The Morgan fingerprint density at radius 1 is 1.29 bits per heavy atom. The summed E-state index contributed by atoms with van der Waals surface area (Å²) in [6, 6.07) is -0.0430. The third kappa shape index (κ3) is 2.81. The summed E-state index contributed by atoms with van der Waals surface area (Å²) in [7, 11) is -3.03. The Morgan fingerprint density at radius 3 is 2.53 bits per heavy atom. The van der Waals surface area contributed by atoms with Crippen LogP contribution in [0.4, 0.5) is 4.39 Å². The van der Waals surface area contributed by atoms with Gasteiger partial charge in [0.1, 0.15) is 15.5 Å². The maximum Gasteiger partial charge on any atom is 0.150 e. The molecule has 0 heterocycles. The van der Waals surface area contributed by atoms with Crippen LogP contribution in [0.2, 0.25) is 0 Å². The zero-order chi connectivity index (χ0) is 12.7. The highest BCUT2D eigenvalue weighted by Crippen LogP contribution is 2.46. The van der Waals surface area contributed by atoms with Gasteiger partial charge in [-0.05, 0) is 44.4 Å². The lowest BCUT2D eigenvalue weighted by atomic mass is 9.77. The van der Waals surface area contributed by atoms with Crippen LogP contribution in [0.5, 0.6) is 0 Å². The largest absolute Gasteiger partial charge is 0.328 e. The fourth-order valence-corrected chi connectivity index (χ4v) is 4.62. The smallest absolute Gasteiger partial charge is 0.150 e. The van der Waals surface area contributed by atoms with Crippen LogP contribution in [0.3, 0.4) is 0 Å². The van der Waals surface area contributed by atoms with Crippen molar-refractivity contribution in [3.8, 4) is 0 Å². The fourth-order valence-electron chi connectivity index (χ4n) is 3.44. The normalized spacial score (nSPS) is 43.8. The number of halogens is 1.